The molecular formula is C25H33N5O2. The van der Waals surface area contributed by atoms with Crippen LogP contribution in [0.3, 0.4) is 0 Å². The van der Waals surface area contributed by atoms with Crippen molar-refractivity contribution in [1.82, 2.24) is 20.1 Å². The van der Waals surface area contributed by atoms with Gasteiger partial charge in [-0.15, -0.1) is 0 Å². The molecule has 1 fully saturated rings. The summed E-state index contributed by atoms with van der Waals surface area (Å²) in [4.78, 5) is 18.2. The lowest BCUT2D eigenvalue weighted by molar-refractivity contribution is 0.0903. The number of aryl methyl sites for hydroxylation is 3. The fourth-order valence-corrected chi connectivity index (χ4v) is 4.62. The van der Waals surface area contributed by atoms with E-state index in [1.807, 2.05) is 17.8 Å². The van der Waals surface area contributed by atoms with Gasteiger partial charge in [0.25, 0.3) is 5.91 Å². The molecule has 7 heteroatoms. The van der Waals surface area contributed by atoms with Crippen molar-refractivity contribution in [1.29, 1.82) is 0 Å². The molecular weight excluding hydrogens is 402 g/mol. The monoisotopic (exact) mass is 435 g/mol. The van der Waals surface area contributed by atoms with Crippen LogP contribution in [0.1, 0.15) is 66.2 Å². The summed E-state index contributed by atoms with van der Waals surface area (Å²) in [6.45, 7) is 10.5. The number of anilines is 1. The number of nitrogens with zero attached hydrogens (tertiary/aromatic N) is 3. The van der Waals surface area contributed by atoms with Crippen LogP contribution in [0.2, 0.25) is 0 Å². The van der Waals surface area contributed by atoms with Crippen molar-refractivity contribution in [3.05, 3.63) is 52.8 Å². The lowest BCUT2D eigenvalue weighted by Crippen LogP contribution is -2.32. The molecule has 32 heavy (non-hydrogen) atoms. The van der Waals surface area contributed by atoms with Gasteiger partial charge in [0.2, 0.25) is 0 Å². The van der Waals surface area contributed by atoms with E-state index in [2.05, 4.69) is 59.7 Å². The Balaban J connectivity index is 1.70. The molecule has 0 aliphatic carbocycles. The molecule has 2 N–H and O–H groups in total. The number of carbonyl (C=O) groups excluding carboxylic acids is 1. The van der Waals surface area contributed by atoms with Gasteiger partial charge in [0, 0.05) is 32.0 Å². The standard InChI is InChI=1S/C25H33N5O2/c1-5-21(22-16(3)8-7-9-17(22)4)29-25(31)20-14-26-24-19(15-27-30(24)6-2)23(20)28-18-10-12-32-13-11-18/h7-9,14-15,18,21H,5-6,10-13H2,1-4H3,(H,26,28)(H,29,31)/t21-/m1/s1. The summed E-state index contributed by atoms with van der Waals surface area (Å²) in [5, 5.41) is 12.3. The number of rotatable bonds is 7. The van der Waals surface area contributed by atoms with Crippen molar-refractivity contribution in [2.24, 2.45) is 0 Å². The molecule has 0 saturated carbocycles. The molecule has 0 bridgehead atoms. The molecule has 1 aliphatic rings. The number of ether oxygens (including phenoxy) is 1. The van der Waals surface area contributed by atoms with Gasteiger partial charge in [-0.3, -0.25) is 4.79 Å². The van der Waals surface area contributed by atoms with Crippen LogP contribution in [0.4, 0.5) is 5.69 Å². The molecule has 1 atom stereocenters. The van der Waals surface area contributed by atoms with Crippen LogP contribution in [-0.4, -0.2) is 39.9 Å². The van der Waals surface area contributed by atoms with Crippen LogP contribution in [0, 0.1) is 13.8 Å². The van der Waals surface area contributed by atoms with Crippen molar-refractivity contribution in [3.8, 4) is 0 Å². The average Bonchev–Trinajstić information content (AvgIpc) is 3.22. The van der Waals surface area contributed by atoms with Gasteiger partial charge >= 0.3 is 0 Å². The topological polar surface area (TPSA) is 81.1 Å². The SMILES string of the molecule is CC[C@@H](NC(=O)c1cnc2c(cnn2CC)c1NC1CCOCC1)c1c(C)cccc1C. The lowest BCUT2D eigenvalue weighted by atomic mass is 9.94. The van der Waals surface area contributed by atoms with Gasteiger partial charge in [-0.2, -0.15) is 5.10 Å². The zero-order chi connectivity index (χ0) is 22.7. The second-order valence-corrected chi connectivity index (χ2v) is 8.52. The summed E-state index contributed by atoms with van der Waals surface area (Å²) in [5.74, 6) is -0.118. The van der Waals surface area contributed by atoms with Gasteiger partial charge in [0.1, 0.15) is 0 Å². The number of pyridine rings is 1. The number of nitrogens with one attached hydrogen (secondary N) is 2. The fourth-order valence-electron chi connectivity index (χ4n) is 4.62. The van der Waals surface area contributed by atoms with Crippen LogP contribution in [0.15, 0.2) is 30.6 Å². The maximum absolute atomic E-state index is 13.5. The molecule has 3 aromatic rings. The van der Waals surface area contributed by atoms with Crippen LogP contribution in [0.25, 0.3) is 11.0 Å². The van der Waals surface area contributed by atoms with Crippen molar-refractivity contribution in [3.63, 3.8) is 0 Å². The maximum Gasteiger partial charge on any atom is 0.255 e. The Morgan fingerprint density at radius 2 is 1.91 bits per heavy atom. The van der Waals surface area contributed by atoms with Crippen LogP contribution < -0.4 is 10.6 Å². The Hall–Kier alpha value is -2.93. The predicted octanol–water partition coefficient (Wildman–Crippen LogP) is 4.54. The first kappa shape index (κ1) is 22.3. The van der Waals surface area contributed by atoms with E-state index in [9.17, 15) is 4.79 Å². The van der Waals surface area contributed by atoms with Crippen LogP contribution in [-0.2, 0) is 11.3 Å². The minimum atomic E-state index is -0.118. The van der Waals surface area contributed by atoms with Gasteiger partial charge in [-0.1, -0.05) is 25.1 Å². The molecule has 0 unspecified atom stereocenters. The molecule has 2 aromatic heterocycles. The summed E-state index contributed by atoms with van der Waals surface area (Å²) in [7, 11) is 0. The minimum Gasteiger partial charge on any atom is -0.381 e. The van der Waals surface area contributed by atoms with E-state index in [0.29, 0.717) is 5.56 Å². The normalized spacial score (nSPS) is 15.6. The van der Waals surface area contributed by atoms with Crippen molar-refractivity contribution < 1.29 is 9.53 Å². The van der Waals surface area contributed by atoms with Crippen molar-refractivity contribution in [2.45, 2.75) is 65.6 Å². The molecule has 3 heterocycles. The van der Waals surface area contributed by atoms with E-state index in [4.69, 9.17) is 4.74 Å². The average molecular weight is 436 g/mol. The zero-order valence-corrected chi connectivity index (χ0v) is 19.4. The largest absolute Gasteiger partial charge is 0.381 e. The molecule has 1 saturated heterocycles. The smallest absolute Gasteiger partial charge is 0.255 e. The highest BCUT2D eigenvalue weighted by Crippen LogP contribution is 2.30. The summed E-state index contributed by atoms with van der Waals surface area (Å²) >= 11 is 0. The molecule has 1 amide bonds. The van der Waals surface area contributed by atoms with E-state index in [-0.39, 0.29) is 18.0 Å². The number of hydrogen-bond acceptors (Lipinski definition) is 5. The number of amides is 1. The maximum atomic E-state index is 13.5. The molecule has 1 aromatic carbocycles. The summed E-state index contributed by atoms with van der Waals surface area (Å²) in [6.07, 6.45) is 6.13. The predicted molar refractivity (Wildman–Crippen MR) is 127 cm³/mol. The Morgan fingerprint density at radius 1 is 1.19 bits per heavy atom. The molecule has 0 spiro atoms. The van der Waals surface area contributed by atoms with Gasteiger partial charge < -0.3 is 15.4 Å². The van der Waals surface area contributed by atoms with Crippen molar-refractivity contribution in [2.75, 3.05) is 18.5 Å². The van der Waals surface area contributed by atoms with E-state index >= 15 is 0 Å². The third-order valence-electron chi connectivity index (χ3n) is 6.38. The first-order valence-corrected chi connectivity index (χ1v) is 11.6. The highest BCUT2D eigenvalue weighted by molar-refractivity contribution is 6.06. The van der Waals surface area contributed by atoms with Crippen LogP contribution in [0.5, 0.6) is 0 Å². The van der Waals surface area contributed by atoms with Gasteiger partial charge in [-0.25, -0.2) is 9.67 Å². The first-order valence-electron chi connectivity index (χ1n) is 11.6. The van der Waals surface area contributed by atoms with Crippen LogP contribution >= 0.6 is 0 Å². The Kier molecular flexibility index (Phi) is 6.74. The highest BCUT2D eigenvalue weighted by Gasteiger charge is 2.24. The number of carbonyl (C=O) groups is 1. The summed E-state index contributed by atoms with van der Waals surface area (Å²) in [6, 6.07) is 6.45. The number of aromatic nitrogens is 3. The summed E-state index contributed by atoms with van der Waals surface area (Å²) < 4.78 is 7.37. The molecule has 170 valence electrons. The molecule has 7 nitrogen and oxygen atoms in total. The second kappa shape index (κ2) is 9.69. The van der Waals surface area contributed by atoms with E-state index < -0.39 is 0 Å². The Bertz CT molecular complexity index is 1080. The van der Waals surface area contributed by atoms with E-state index in [1.165, 1.54) is 16.7 Å². The van der Waals surface area contributed by atoms with Gasteiger partial charge in [-0.05, 0) is 56.7 Å². The van der Waals surface area contributed by atoms with E-state index in [1.54, 1.807) is 6.20 Å². The summed E-state index contributed by atoms with van der Waals surface area (Å²) in [5.41, 5.74) is 5.74. The molecule has 0 radical (unpaired) electrons. The lowest BCUT2D eigenvalue weighted by Gasteiger charge is -2.26. The Morgan fingerprint density at radius 3 is 2.56 bits per heavy atom. The minimum absolute atomic E-state index is 0.0614. The van der Waals surface area contributed by atoms with Crippen molar-refractivity contribution >= 4 is 22.6 Å². The highest BCUT2D eigenvalue weighted by atomic mass is 16.5. The fraction of sp³-hybridized carbons (Fsp3) is 0.480. The second-order valence-electron chi connectivity index (χ2n) is 8.52. The van der Waals surface area contributed by atoms with Gasteiger partial charge in [0.05, 0.1) is 28.9 Å². The van der Waals surface area contributed by atoms with E-state index in [0.717, 1.165) is 55.7 Å². The first-order chi connectivity index (χ1) is 15.5. The quantitative estimate of drug-likeness (QED) is 0.569. The molecule has 4 rings (SSSR count). The zero-order valence-electron chi connectivity index (χ0n) is 19.4. The number of fused-ring (bicyclic) bond motifs is 1. The van der Waals surface area contributed by atoms with Gasteiger partial charge in [0.15, 0.2) is 5.65 Å². The number of benzene rings is 1. The molecule has 1 aliphatic heterocycles. The number of hydrogen-bond donors (Lipinski definition) is 2. The third-order valence-corrected chi connectivity index (χ3v) is 6.38. The third kappa shape index (κ3) is 4.35. The Labute approximate surface area is 189 Å².